The summed E-state index contributed by atoms with van der Waals surface area (Å²) in [4.78, 5) is 28.1. The van der Waals surface area contributed by atoms with Crippen molar-refractivity contribution < 1.29 is 28.5 Å². The molecule has 0 unspecified atom stereocenters. The highest BCUT2D eigenvalue weighted by atomic mass is 16.7. The Bertz CT molecular complexity index is 1460. The van der Waals surface area contributed by atoms with Crippen LogP contribution in [0.5, 0.6) is 23.0 Å². The second-order valence-electron chi connectivity index (χ2n) is 9.51. The van der Waals surface area contributed by atoms with E-state index in [2.05, 4.69) is 16.0 Å². The Morgan fingerprint density at radius 1 is 0.780 bits per heavy atom. The number of para-hydroxylation sites is 4. The van der Waals surface area contributed by atoms with Gasteiger partial charge in [-0.2, -0.15) is 0 Å². The fraction of sp³-hybridized carbons (Fsp3) is 0.250. The SMILES string of the molecule is CCOc1ccccc1NC(=O)C1=C(C)NC(C)=C(C(=O)Nc2ccccc2OCC)C1c1ccc2c(c1)OCO2. The fourth-order valence-corrected chi connectivity index (χ4v) is 5.10. The van der Waals surface area contributed by atoms with Gasteiger partial charge in [0.15, 0.2) is 11.5 Å². The molecule has 0 aliphatic carbocycles. The zero-order valence-electron chi connectivity index (χ0n) is 23.5. The van der Waals surface area contributed by atoms with E-state index in [9.17, 15) is 9.59 Å². The van der Waals surface area contributed by atoms with Gasteiger partial charge < -0.3 is 34.9 Å². The van der Waals surface area contributed by atoms with Crippen molar-refractivity contribution in [3.8, 4) is 23.0 Å². The first kappa shape index (κ1) is 27.6. The molecule has 2 aliphatic heterocycles. The molecule has 0 saturated carbocycles. The summed E-state index contributed by atoms with van der Waals surface area (Å²) in [5.41, 5.74) is 3.82. The van der Waals surface area contributed by atoms with Crippen LogP contribution in [0.25, 0.3) is 0 Å². The average molecular weight is 556 g/mol. The van der Waals surface area contributed by atoms with E-state index in [1.165, 1.54) is 0 Å². The highest BCUT2D eigenvalue weighted by molar-refractivity contribution is 6.12. The standard InChI is InChI=1S/C32H33N3O6/c1-5-38-24-13-9-7-11-22(24)34-31(36)28-19(3)33-20(4)29(30(28)21-15-16-26-27(17-21)41-18-40-26)32(37)35-23-12-8-10-14-25(23)39-6-2/h7-17,30,33H,5-6,18H2,1-4H3,(H,34,36)(H,35,37). The van der Waals surface area contributed by atoms with Crippen molar-refractivity contribution >= 4 is 23.2 Å². The van der Waals surface area contributed by atoms with Crippen molar-refractivity contribution in [2.45, 2.75) is 33.6 Å². The zero-order chi connectivity index (χ0) is 28.9. The van der Waals surface area contributed by atoms with E-state index in [1.807, 2.05) is 64.1 Å². The summed E-state index contributed by atoms with van der Waals surface area (Å²) >= 11 is 0. The molecule has 2 aliphatic rings. The van der Waals surface area contributed by atoms with Gasteiger partial charge in [-0.15, -0.1) is 0 Å². The molecule has 0 saturated heterocycles. The number of anilines is 2. The molecule has 0 spiro atoms. The fourth-order valence-electron chi connectivity index (χ4n) is 5.10. The summed E-state index contributed by atoms with van der Waals surface area (Å²) in [6.45, 7) is 8.43. The third-order valence-corrected chi connectivity index (χ3v) is 6.85. The van der Waals surface area contributed by atoms with Gasteiger partial charge >= 0.3 is 0 Å². The van der Waals surface area contributed by atoms with Crippen molar-refractivity contribution in [3.63, 3.8) is 0 Å². The van der Waals surface area contributed by atoms with E-state index in [4.69, 9.17) is 18.9 Å². The largest absolute Gasteiger partial charge is 0.492 e. The third-order valence-electron chi connectivity index (χ3n) is 6.85. The van der Waals surface area contributed by atoms with Crippen LogP contribution in [0, 0.1) is 0 Å². The number of nitrogens with one attached hydrogen (secondary N) is 3. The second-order valence-corrected chi connectivity index (χ2v) is 9.51. The van der Waals surface area contributed by atoms with Crippen molar-refractivity contribution in [3.05, 3.63) is 94.8 Å². The smallest absolute Gasteiger partial charge is 0.254 e. The highest BCUT2D eigenvalue weighted by Crippen LogP contribution is 2.43. The van der Waals surface area contributed by atoms with Crippen LogP contribution in [0.1, 0.15) is 39.2 Å². The van der Waals surface area contributed by atoms with Gasteiger partial charge in [0.25, 0.3) is 11.8 Å². The van der Waals surface area contributed by atoms with Gasteiger partial charge in [0.05, 0.1) is 24.6 Å². The first-order valence-corrected chi connectivity index (χ1v) is 13.6. The number of dihydropyridines is 1. The molecule has 212 valence electrons. The molecule has 9 nitrogen and oxygen atoms in total. The first-order chi connectivity index (χ1) is 19.9. The number of hydrogen-bond donors (Lipinski definition) is 3. The van der Waals surface area contributed by atoms with Crippen LogP contribution in [0.2, 0.25) is 0 Å². The van der Waals surface area contributed by atoms with E-state index in [-0.39, 0.29) is 18.6 Å². The molecule has 0 radical (unpaired) electrons. The Morgan fingerprint density at radius 2 is 1.29 bits per heavy atom. The van der Waals surface area contributed by atoms with Crippen LogP contribution in [0.4, 0.5) is 11.4 Å². The van der Waals surface area contributed by atoms with Gasteiger partial charge in [-0.05, 0) is 69.7 Å². The molecular formula is C32H33N3O6. The molecule has 0 bridgehead atoms. The van der Waals surface area contributed by atoms with Gasteiger partial charge in [-0.1, -0.05) is 30.3 Å². The lowest BCUT2D eigenvalue weighted by molar-refractivity contribution is -0.113. The van der Waals surface area contributed by atoms with E-state index in [0.717, 1.165) is 0 Å². The lowest BCUT2D eigenvalue weighted by Crippen LogP contribution is -2.35. The number of carbonyl (C=O) groups is 2. The van der Waals surface area contributed by atoms with E-state index >= 15 is 0 Å². The highest BCUT2D eigenvalue weighted by Gasteiger charge is 2.37. The Labute approximate surface area is 239 Å². The van der Waals surface area contributed by atoms with Crippen molar-refractivity contribution in [2.75, 3.05) is 30.6 Å². The van der Waals surface area contributed by atoms with Crippen molar-refractivity contribution in [1.82, 2.24) is 5.32 Å². The molecule has 3 aromatic carbocycles. The first-order valence-electron chi connectivity index (χ1n) is 13.6. The second kappa shape index (κ2) is 12.1. The maximum atomic E-state index is 14.0. The quantitative estimate of drug-likeness (QED) is 0.310. The predicted octanol–water partition coefficient (Wildman–Crippen LogP) is 5.72. The van der Waals surface area contributed by atoms with Crippen LogP contribution < -0.4 is 34.9 Å². The molecule has 2 heterocycles. The summed E-state index contributed by atoms with van der Waals surface area (Å²) in [5, 5.41) is 9.27. The number of fused-ring (bicyclic) bond motifs is 1. The van der Waals surface area contributed by atoms with Gasteiger partial charge in [-0.25, -0.2) is 0 Å². The number of rotatable bonds is 9. The average Bonchev–Trinajstić information content (AvgIpc) is 3.43. The zero-order valence-corrected chi connectivity index (χ0v) is 23.5. The number of hydrogen-bond acceptors (Lipinski definition) is 7. The topological polar surface area (TPSA) is 107 Å². The molecule has 0 atom stereocenters. The van der Waals surface area contributed by atoms with Crippen LogP contribution in [-0.2, 0) is 9.59 Å². The van der Waals surface area contributed by atoms with Crippen LogP contribution in [-0.4, -0.2) is 31.8 Å². The Hall–Kier alpha value is -4.92. The molecule has 0 fully saturated rings. The number of benzene rings is 3. The van der Waals surface area contributed by atoms with E-state index < -0.39 is 5.92 Å². The summed E-state index contributed by atoms with van der Waals surface area (Å²) < 4.78 is 22.6. The number of amides is 2. The molecule has 3 N–H and O–H groups in total. The van der Waals surface area contributed by atoms with Crippen LogP contribution in [0.3, 0.4) is 0 Å². The van der Waals surface area contributed by atoms with Crippen LogP contribution in [0.15, 0.2) is 89.3 Å². The maximum absolute atomic E-state index is 14.0. The molecule has 9 heteroatoms. The molecule has 2 amide bonds. The molecule has 3 aromatic rings. The minimum Gasteiger partial charge on any atom is -0.492 e. The summed E-state index contributed by atoms with van der Waals surface area (Å²) in [6.07, 6.45) is 0. The predicted molar refractivity (Wildman–Crippen MR) is 156 cm³/mol. The lowest BCUT2D eigenvalue weighted by Gasteiger charge is -2.31. The molecular weight excluding hydrogens is 522 g/mol. The van der Waals surface area contributed by atoms with Crippen molar-refractivity contribution in [1.29, 1.82) is 0 Å². The number of carbonyl (C=O) groups excluding carboxylic acids is 2. The van der Waals surface area contributed by atoms with Gasteiger partial charge in [-0.3, -0.25) is 9.59 Å². The Balaban J connectivity index is 1.56. The summed E-state index contributed by atoms with van der Waals surface area (Å²) in [6, 6.07) is 20.0. The minimum absolute atomic E-state index is 0.109. The van der Waals surface area contributed by atoms with Crippen molar-refractivity contribution in [2.24, 2.45) is 0 Å². The summed E-state index contributed by atoms with van der Waals surface area (Å²) in [5.74, 6) is 0.833. The number of ether oxygens (including phenoxy) is 4. The van der Waals surface area contributed by atoms with Gasteiger partial charge in [0, 0.05) is 28.5 Å². The van der Waals surface area contributed by atoms with Gasteiger partial charge in [0.1, 0.15) is 11.5 Å². The maximum Gasteiger partial charge on any atom is 0.254 e. The Morgan fingerprint density at radius 3 is 1.83 bits per heavy atom. The molecule has 41 heavy (non-hydrogen) atoms. The monoisotopic (exact) mass is 555 g/mol. The van der Waals surface area contributed by atoms with E-state index in [0.29, 0.717) is 75.7 Å². The number of allylic oxidation sites excluding steroid dienone is 2. The molecule has 5 rings (SSSR count). The normalized spacial score (nSPS) is 14.4. The summed E-state index contributed by atoms with van der Waals surface area (Å²) in [7, 11) is 0. The Kier molecular flexibility index (Phi) is 8.14. The molecule has 0 aromatic heterocycles. The lowest BCUT2D eigenvalue weighted by atomic mass is 9.79. The van der Waals surface area contributed by atoms with E-state index in [1.54, 1.807) is 30.3 Å². The van der Waals surface area contributed by atoms with Crippen LogP contribution >= 0.6 is 0 Å². The third kappa shape index (κ3) is 5.70. The van der Waals surface area contributed by atoms with Gasteiger partial charge in [0.2, 0.25) is 6.79 Å². The minimum atomic E-state index is -0.718.